The van der Waals surface area contributed by atoms with Gasteiger partial charge in [-0.3, -0.25) is 0 Å². The van der Waals surface area contributed by atoms with E-state index in [1.165, 1.54) is 0 Å². The molecule has 2 atom stereocenters. The Morgan fingerprint density at radius 1 is 1.11 bits per heavy atom. The molecule has 0 aliphatic heterocycles. The molecule has 5 heteroatoms. The number of benzene rings is 1. The summed E-state index contributed by atoms with van der Waals surface area (Å²) in [4.78, 5) is 0. The van der Waals surface area contributed by atoms with Gasteiger partial charge in [0.15, 0.2) is 11.5 Å². The Labute approximate surface area is 114 Å². The maximum absolute atomic E-state index is 9.76. The fraction of sp³-hybridized carbons (Fsp3) is 0.571. The van der Waals surface area contributed by atoms with Crippen LogP contribution in [0.1, 0.15) is 18.9 Å². The number of methoxy groups -OCH3 is 3. The summed E-state index contributed by atoms with van der Waals surface area (Å²) in [5, 5.41) is 9.76. The summed E-state index contributed by atoms with van der Waals surface area (Å²) in [6.07, 6.45) is 0.702. The minimum absolute atomic E-state index is 0.244. The Morgan fingerprint density at radius 2 is 1.74 bits per heavy atom. The van der Waals surface area contributed by atoms with Gasteiger partial charge in [0.05, 0.1) is 27.4 Å². The molecule has 0 fully saturated rings. The number of aliphatic hydroxyl groups is 1. The van der Waals surface area contributed by atoms with E-state index in [0.717, 1.165) is 5.56 Å². The van der Waals surface area contributed by atoms with Crippen LogP contribution in [-0.4, -0.2) is 38.6 Å². The third-order valence-corrected chi connectivity index (χ3v) is 3.10. The van der Waals surface area contributed by atoms with Crippen molar-refractivity contribution in [3.05, 3.63) is 17.7 Å². The fourth-order valence-electron chi connectivity index (χ4n) is 1.93. The second-order valence-electron chi connectivity index (χ2n) is 4.46. The number of rotatable bonds is 7. The maximum Gasteiger partial charge on any atom is 0.203 e. The molecule has 0 aliphatic carbocycles. The van der Waals surface area contributed by atoms with Crippen LogP contribution in [-0.2, 0) is 6.42 Å². The van der Waals surface area contributed by atoms with E-state index in [9.17, 15) is 5.11 Å². The zero-order valence-corrected chi connectivity index (χ0v) is 12.0. The van der Waals surface area contributed by atoms with Gasteiger partial charge in [-0.2, -0.15) is 0 Å². The number of aryl methyl sites for hydroxylation is 1. The van der Waals surface area contributed by atoms with Crippen LogP contribution in [0.5, 0.6) is 17.2 Å². The summed E-state index contributed by atoms with van der Waals surface area (Å²) in [5.41, 5.74) is 6.60. The second-order valence-corrected chi connectivity index (χ2v) is 4.46. The lowest BCUT2D eigenvalue weighted by Crippen LogP contribution is -2.31. The predicted octanol–water partition coefficient (Wildman–Crippen LogP) is 1.35. The number of hydrogen-bond donors (Lipinski definition) is 2. The molecule has 108 valence electrons. The van der Waals surface area contributed by atoms with E-state index in [1.54, 1.807) is 28.3 Å². The Kier molecular flexibility index (Phi) is 5.92. The van der Waals surface area contributed by atoms with Crippen molar-refractivity contribution < 1.29 is 19.3 Å². The summed E-state index contributed by atoms with van der Waals surface area (Å²) in [6, 6.07) is 3.49. The first-order chi connectivity index (χ1) is 9.04. The van der Waals surface area contributed by atoms with Crippen LogP contribution >= 0.6 is 0 Å². The fourth-order valence-corrected chi connectivity index (χ4v) is 1.93. The topological polar surface area (TPSA) is 73.9 Å². The summed E-state index contributed by atoms with van der Waals surface area (Å²) in [7, 11) is 4.74. The standard InChI is InChI=1S/C14H23NO4/c1-9(15)11(16)7-5-10-6-8-12(17-2)14(19-4)13(10)18-3/h6,8-9,11,16H,5,7,15H2,1-4H3. The first kappa shape index (κ1) is 15.6. The van der Waals surface area contributed by atoms with Crippen molar-refractivity contribution in [2.75, 3.05) is 21.3 Å². The van der Waals surface area contributed by atoms with Crippen LogP contribution in [0.15, 0.2) is 12.1 Å². The molecule has 0 aromatic heterocycles. The largest absolute Gasteiger partial charge is 0.493 e. The number of ether oxygens (including phenoxy) is 3. The third-order valence-electron chi connectivity index (χ3n) is 3.10. The van der Waals surface area contributed by atoms with Crippen molar-refractivity contribution in [2.45, 2.75) is 31.9 Å². The average Bonchev–Trinajstić information content (AvgIpc) is 2.42. The van der Waals surface area contributed by atoms with E-state index in [0.29, 0.717) is 30.1 Å². The van der Waals surface area contributed by atoms with E-state index < -0.39 is 6.10 Å². The molecule has 5 nitrogen and oxygen atoms in total. The molecule has 0 radical (unpaired) electrons. The van der Waals surface area contributed by atoms with Gasteiger partial charge < -0.3 is 25.1 Å². The quantitative estimate of drug-likeness (QED) is 0.781. The van der Waals surface area contributed by atoms with Crippen LogP contribution in [0.4, 0.5) is 0 Å². The summed E-state index contributed by atoms with van der Waals surface area (Å²) in [6.45, 7) is 1.79. The molecule has 1 rings (SSSR count). The molecule has 0 spiro atoms. The Bertz CT molecular complexity index is 407. The molecule has 19 heavy (non-hydrogen) atoms. The van der Waals surface area contributed by atoms with E-state index in [2.05, 4.69) is 0 Å². The van der Waals surface area contributed by atoms with Crippen LogP contribution in [0, 0.1) is 0 Å². The molecule has 1 aromatic rings. The van der Waals surface area contributed by atoms with E-state index >= 15 is 0 Å². The normalized spacial score (nSPS) is 13.8. The number of nitrogens with two attached hydrogens (primary N) is 1. The molecule has 0 aliphatic rings. The Morgan fingerprint density at radius 3 is 2.21 bits per heavy atom. The van der Waals surface area contributed by atoms with Gasteiger partial charge in [0.2, 0.25) is 5.75 Å². The third kappa shape index (κ3) is 3.75. The highest BCUT2D eigenvalue weighted by Gasteiger charge is 2.17. The molecule has 2 unspecified atom stereocenters. The van der Waals surface area contributed by atoms with Crippen LogP contribution in [0.2, 0.25) is 0 Å². The van der Waals surface area contributed by atoms with Crippen molar-refractivity contribution in [1.29, 1.82) is 0 Å². The van der Waals surface area contributed by atoms with Gasteiger partial charge >= 0.3 is 0 Å². The molecule has 0 bridgehead atoms. The Hall–Kier alpha value is -1.46. The van der Waals surface area contributed by atoms with Gasteiger partial charge in [0.1, 0.15) is 0 Å². The van der Waals surface area contributed by atoms with Crippen molar-refractivity contribution in [2.24, 2.45) is 5.73 Å². The van der Waals surface area contributed by atoms with Crippen LogP contribution in [0.25, 0.3) is 0 Å². The van der Waals surface area contributed by atoms with E-state index in [4.69, 9.17) is 19.9 Å². The monoisotopic (exact) mass is 269 g/mol. The molecule has 0 heterocycles. The molecule has 1 aromatic carbocycles. The zero-order valence-electron chi connectivity index (χ0n) is 12.0. The summed E-state index contributed by atoms with van der Waals surface area (Å²) < 4.78 is 15.9. The van der Waals surface area contributed by atoms with Gasteiger partial charge in [-0.25, -0.2) is 0 Å². The predicted molar refractivity (Wildman–Crippen MR) is 74.1 cm³/mol. The van der Waals surface area contributed by atoms with Crippen molar-refractivity contribution in [3.63, 3.8) is 0 Å². The molecular formula is C14H23NO4. The van der Waals surface area contributed by atoms with Gasteiger partial charge in [-0.05, 0) is 31.4 Å². The van der Waals surface area contributed by atoms with Crippen molar-refractivity contribution in [3.8, 4) is 17.2 Å². The highest BCUT2D eigenvalue weighted by molar-refractivity contribution is 5.55. The molecular weight excluding hydrogens is 246 g/mol. The first-order valence-corrected chi connectivity index (χ1v) is 6.26. The van der Waals surface area contributed by atoms with Gasteiger partial charge in [0.25, 0.3) is 0 Å². The number of hydrogen-bond acceptors (Lipinski definition) is 5. The minimum Gasteiger partial charge on any atom is -0.493 e. The lowest BCUT2D eigenvalue weighted by molar-refractivity contribution is 0.141. The second kappa shape index (κ2) is 7.21. The molecule has 0 saturated heterocycles. The molecule has 0 saturated carbocycles. The van der Waals surface area contributed by atoms with Crippen LogP contribution in [0.3, 0.4) is 0 Å². The lowest BCUT2D eigenvalue weighted by atomic mass is 10.0. The summed E-state index contributed by atoms with van der Waals surface area (Å²) in [5.74, 6) is 1.83. The average molecular weight is 269 g/mol. The molecule has 3 N–H and O–H groups in total. The van der Waals surface area contributed by atoms with Crippen molar-refractivity contribution >= 4 is 0 Å². The molecule has 0 amide bonds. The smallest absolute Gasteiger partial charge is 0.203 e. The lowest BCUT2D eigenvalue weighted by Gasteiger charge is -2.18. The van der Waals surface area contributed by atoms with Gasteiger partial charge in [-0.1, -0.05) is 6.07 Å². The first-order valence-electron chi connectivity index (χ1n) is 6.26. The highest BCUT2D eigenvalue weighted by Crippen LogP contribution is 2.40. The van der Waals surface area contributed by atoms with Gasteiger partial charge in [0, 0.05) is 6.04 Å². The number of aliphatic hydroxyl groups excluding tert-OH is 1. The van der Waals surface area contributed by atoms with Crippen LogP contribution < -0.4 is 19.9 Å². The summed E-state index contributed by atoms with van der Waals surface area (Å²) >= 11 is 0. The zero-order chi connectivity index (χ0) is 14.4. The van der Waals surface area contributed by atoms with E-state index in [1.807, 2.05) is 12.1 Å². The van der Waals surface area contributed by atoms with Gasteiger partial charge in [-0.15, -0.1) is 0 Å². The minimum atomic E-state index is -0.530. The van der Waals surface area contributed by atoms with Crippen molar-refractivity contribution in [1.82, 2.24) is 0 Å². The Balaban J connectivity index is 2.95. The van der Waals surface area contributed by atoms with E-state index in [-0.39, 0.29) is 6.04 Å². The SMILES string of the molecule is COc1ccc(CCC(O)C(C)N)c(OC)c1OC. The maximum atomic E-state index is 9.76. The highest BCUT2D eigenvalue weighted by atomic mass is 16.5.